The molecule has 2 aromatic heterocycles. The Labute approximate surface area is 168 Å². The molecule has 0 saturated carbocycles. The number of aliphatic hydroxyl groups is 1. The highest BCUT2D eigenvalue weighted by Crippen LogP contribution is 2.43. The number of aromatic nitrogens is 3. The number of hydrogen-bond donors (Lipinski definition) is 1. The number of benzene rings is 1. The zero-order chi connectivity index (χ0) is 19.8. The van der Waals surface area contributed by atoms with Crippen molar-refractivity contribution < 1.29 is 18.6 Å². The lowest BCUT2D eigenvalue weighted by Crippen LogP contribution is -2.13. The van der Waals surface area contributed by atoms with Crippen LogP contribution in [0.15, 0.2) is 35.5 Å². The second-order valence-electron chi connectivity index (χ2n) is 6.14. The zero-order valence-electron chi connectivity index (χ0n) is 14.6. The third-order valence-electron chi connectivity index (χ3n) is 4.34. The molecule has 0 radical (unpaired) electrons. The Kier molecular flexibility index (Phi) is 5.18. The second kappa shape index (κ2) is 7.62. The maximum absolute atomic E-state index is 13.2. The SMILES string of the molecule is Cc1ncc(CO)c2c1Oc1nc(-c3cccc(Cl)c3)nc(SC(F)F)c1C2. The van der Waals surface area contributed by atoms with E-state index in [1.807, 2.05) is 0 Å². The van der Waals surface area contributed by atoms with Crippen LogP contribution in [-0.2, 0) is 13.0 Å². The Bertz CT molecular complexity index is 1070. The molecule has 0 unspecified atom stereocenters. The Hall–Kier alpha value is -2.29. The van der Waals surface area contributed by atoms with Crippen molar-refractivity contribution in [3.8, 4) is 23.0 Å². The predicted octanol–water partition coefficient (Wildman–Crippen LogP) is 5.00. The average Bonchev–Trinajstić information content (AvgIpc) is 2.67. The van der Waals surface area contributed by atoms with Gasteiger partial charge in [-0.2, -0.15) is 13.8 Å². The highest BCUT2D eigenvalue weighted by molar-refractivity contribution is 7.99. The Morgan fingerprint density at radius 3 is 2.82 bits per heavy atom. The number of rotatable bonds is 4. The Morgan fingerprint density at radius 1 is 1.29 bits per heavy atom. The fourth-order valence-corrected chi connectivity index (χ4v) is 3.83. The van der Waals surface area contributed by atoms with Gasteiger partial charge in [0.1, 0.15) is 5.03 Å². The van der Waals surface area contributed by atoms with Gasteiger partial charge in [0.05, 0.1) is 17.9 Å². The summed E-state index contributed by atoms with van der Waals surface area (Å²) in [7, 11) is 0. The minimum atomic E-state index is -2.65. The largest absolute Gasteiger partial charge is 0.436 e. The van der Waals surface area contributed by atoms with Crippen LogP contribution in [0.2, 0.25) is 5.02 Å². The quantitative estimate of drug-likeness (QED) is 0.369. The van der Waals surface area contributed by atoms with Crippen LogP contribution in [0, 0.1) is 6.92 Å². The number of thioether (sulfide) groups is 1. The van der Waals surface area contributed by atoms with Gasteiger partial charge >= 0.3 is 0 Å². The number of ether oxygens (including phenoxy) is 1. The first-order valence-corrected chi connectivity index (χ1v) is 9.59. The summed E-state index contributed by atoms with van der Waals surface area (Å²) >= 11 is 6.38. The van der Waals surface area contributed by atoms with Crippen molar-refractivity contribution in [2.45, 2.75) is 30.7 Å². The van der Waals surface area contributed by atoms with Crippen molar-refractivity contribution in [3.63, 3.8) is 0 Å². The van der Waals surface area contributed by atoms with Gasteiger partial charge in [-0.05, 0) is 30.8 Å². The molecule has 28 heavy (non-hydrogen) atoms. The van der Waals surface area contributed by atoms with E-state index in [2.05, 4.69) is 15.0 Å². The topological polar surface area (TPSA) is 68.1 Å². The van der Waals surface area contributed by atoms with E-state index in [0.29, 0.717) is 50.5 Å². The molecule has 3 aromatic rings. The molecule has 0 atom stereocenters. The minimum Gasteiger partial charge on any atom is -0.436 e. The van der Waals surface area contributed by atoms with E-state index >= 15 is 0 Å². The highest BCUT2D eigenvalue weighted by Gasteiger charge is 2.28. The van der Waals surface area contributed by atoms with Gasteiger partial charge in [0, 0.05) is 34.3 Å². The molecular formula is C19H14ClF2N3O2S. The lowest BCUT2D eigenvalue weighted by Gasteiger charge is -2.24. The summed E-state index contributed by atoms with van der Waals surface area (Å²) in [6, 6.07) is 6.85. The van der Waals surface area contributed by atoms with Gasteiger partial charge in [-0.3, -0.25) is 4.98 Å². The van der Waals surface area contributed by atoms with Gasteiger partial charge in [-0.1, -0.05) is 23.7 Å². The normalized spacial score (nSPS) is 12.5. The third kappa shape index (κ3) is 3.55. The van der Waals surface area contributed by atoms with Crippen LogP contribution in [0.5, 0.6) is 11.6 Å². The first-order chi connectivity index (χ1) is 13.5. The van der Waals surface area contributed by atoms with Crippen molar-refractivity contribution in [1.29, 1.82) is 0 Å². The van der Waals surface area contributed by atoms with Gasteiger partial charge in [0.15, 0.2) is 11.6 Å². The number of pyridine rings is 1. The smallest absolute Gasteiger partial charge is 0.290 e. The van der Waals surface area contributed by atoms with Crippen LogP contribution >= 0.6 is 23.4 Å². The first-order valence-electron chi connectivity index (χ1n) is 8.34. The second-order valence-corrected chi connectivity index (χ2v) is 7.55. The summed E-state index contributed by atoms with van der Waals surface area (Å²) in [6.07, 6.45) is 1.83. The fourth-order valence-electron chi connectivity index (χ4n) is 3.03. The van der Waals surface area contributed by atoms with Crippen molar-refractivity contribution in [2.24, 2.45) is 0 Å². The zero-order valence-corrected chi connectivity index (χ0v) is 16.2. The van der Waals surface area contributed by atoms with E-state index in [4.69, 9.17) is 16.3 Å². The Morgan fingerprint density at radius 2 is 2.11 bits per heavy atom. The summed E-state index contributed by atoms with van der Waals surface area (Å²) < 4.78 is 32.3. The van der Waals surface area contributed by atoms with Crippen molar-refractivity contribution in [1.82, 2.24) is 15.0 Å². The first kappa shape index (κ1) is 19.0. The monoisotopic (exact) mass is 421 g/mol. The lowest BCUT2D eigenvalue weighted by molar-refractivity contribution is 0.251. The van der Waals surface area contributed by atoms with Gasteiger partial charge < -0.3 is 9.84 Å². The average molecular weight is 422 g/mol. The number of aliphatic hydroxyl groups excluding tert-OH is 1. The number of nitrogens with zero attached hydrogens (tertiary/aromatic N) is 3. The molecule has 0 saturated heterocycles. The molecule has 0 amide bonds. The Balaban J connectivity index is 1.87. The maximum atomic E-state index is 13.2. The van der Waals surface area contributed by atoms with E-state index in [1.54, 1.807) is 37.4 Å². The van der Waals surface area contributed by atoms with Crippen LogP contribution in [0.1, 0.15) is 22.4 Å². The molecule has 4 rings (SSSR count). The summed E-state index contributed by atoms with van der Waals surface area (Å²) in [5.41, 5.74) is 2.98. The summed E-state index contributed by atoms with van der Waals surface area (Å²) in [4.78, 5) is 13.0. The van der Waals surface area contributed by atoms with E-state index in [1.165, 1.54) is 0 Å². The van der Waals surface area contributed by atoms with Crippen LogP contribution in [0.25, 0.3) is 11.4 Å². The molecule has 9 heteroatoms. The number of alkyl halides is 2. The fraction of sp³-hybridized carbons (Fsp3) is 0.211. The highest BCUT2D eigenvalue weighted by atomic mass is 35.5. The van der Waals surface area contributed by atoms with Crippen LogP contribution < -0.4 is 4.74 Å². The molecule has 0 aliphatic carbocycles. The van der Waals surface area contributed by atoms with Gasteiger partial charge in [-0.25, -0.2) is 4.98 Å². The minimum absolute atomic E-state index is 0.138. The summed E-state index contributed by atoms with van der Waals surface area (Å²) in [5, 5.41) is 10.2. The lowest BCUT2D eigenvalue weighted by atomic mass is 9.99. The maximum Gasteiger partial charge on any atom is 0.290 e. The van der Waals surface area contributed by atoms with E-state index in [-0.39, 0.29) is 29.8 Å². The summed E-state index contributed by atoms with van der Waals surface area (Å²) in [6.45, 7) is 1.55. The van der Waals surface area contributed by atoms with Crippen LogP contribution in [0.3, 0.4) is 0 Å². The number of hydrogen-bond acceptors (Lipinski definition) is 6. The predicted molar refractivity (Wildman–Crippen MR) is 102 cm³/mol. The molecule has 144 valence electrons. The van der Waals surface area contributed by atoms with E-state index < -0.39 is 5.76 Å². The van der Waals surface area contributed by atoms with Crippen molar-refractivity contribution in [3.05, 3.63) is 57.9 Å². The molecule has 0 spiro atoms. The molecule has 0 bridgehead atoms. The molecule has 1 N–H and O–H groups in total. The van der Waals surface area contributed by atoms with Crippen molar-refractivity contribution in [2.75, 3.05) is 0 Å². The van der Waals surface area contributed by atoms with E-state index in [0.717, 1.165) is 0 Å². The number of aryl methyl sites for hydroxylation is 1. The standard InChI is InChI=1S/C19H14ClF2N3O2S/c1-9-15-13(11(8-26)7-23-9)6-14-17(27-15)24-16(25-18(14)28-19(21)22)10-3-2-4-12(20)5-10/h2-5,7,19,26H,6,8H2,1H3. The molecule has 1 aliphatic heterocycles. The molecule has 0 fully saturated rings. The molecule has 1 aliphatic rings. The van der Waals surface area contributed by atoms with Crippen LogP contribution in [0.4, 0.5) is 8.78 Å². The van der Waals surface area contributed by atoms with Crippen molar-refractivity contribution >= 4 is 23.4 Å². The molecule has 3 heterocycles. The molecule has 1 aromatic carbocycles. The van der Waals surface area contributed by atoms with Crippen LogP contribution in [-0.4, -0.2) is 25.8 Å². The molecular weight excluding hydrogens is 408 g/mol. The van der Waals surface area contributed by atoms with Gasteiger partial charge in [0.25, 0.3) is 5.76 Å². The number of fused-ring (bicyclic) bond motifs is 2. The van der Waals surface area contributed by atoms with Gasteiger partial charge in [0.2, 0.25) is 5.88 Å². The summed E-state index contributed by atoms with van der Waals surface area (Å²) in [5.74, 6) is -1.70. The van der Waals surface area contributed by atoms with Gasteiger partial charge in [-0.15, -0.1) is 0 Å². The molecule has 5 nitrogen and oxygen atoms in total. The van der Waals surface area contributed by atoms with E-state index in [9.17, 15) is 13.9 Å². The number of halogens is 3. The third-order valence-corrected chi connectivity index (χ3v) is 5.32.